The first-order valence-electron chi connectivity index (χ1n) is 8.33. The van der Waals surface area contributed by atoms with E-state index in [1.54, 1.807) is 18.3 Å². The molecule has 0 saturated heterocycles. The van der Waals surface area contributed by atoms with E-state index in [1.165, 1.54) is 16.6 Å². The normalized spacial score (nSPS) is 11.3. The zero-order chi connectivity index (χ0) is 19.1. The Morgan fingerprint density at radius 1 is 1.15 bits per heavy atom. The van der Waals surface area contributed by atoms with Crippen LogP contribution in [0.5, 0.6) is 5.75 Å². The third-order valence-corrected chi connectivity index (χ3v) is 5.98. The number of aliphatic carboxylic acids is 1. The molecule has 0 bridgehead atoms. The minimum absolute atomic E-state index is 0.345. The number of hydrogen-bond acceptors (Lipinski definition) is 4. The Labute approximate surface area is 167 Å². The summed E-state index contributed by atoms with van der Waals surface area (Å²) < 4.78 is 5.49. The molecule has 0 aliphatic rings. The highest BCUT2D eigenvalue weighted by molar-refractivity contribution is 8.00. The van der Waals surface area contributed by atoms with Crippen LogP contribution in [0.1, 0.15) is 17.7 Å². The second kappa shape index (κ2) is 9.31. The Balaban J connectivity index is 1.72. The highest BCUT2D eigenvalue weighted by Crippen LogP contribution is 2.37. The molecule has 1 heterocycles. The van der Waals surface area contributed by atoms with Crippen LogP contribution in [0.3, 0.4) is 0 Å². The number of carboxylic acid groups (broad SMARTS) is 1. The summed E-state index contributed by atoms with van der Waals surface area (Å²) >= 11 is 2.98. The molecular formula is C22H18O3S2. The summed E-state index contributed by atoms with van der Waals surface area (Å²) in [7, 11) is 0. The van der Waals surface area contributed by atoms with Gasteiger partial charge in [-0.2, -0.15) is 0 Å². The van der Waals surface area contributed by atoms with Crippen molar-refractivity contribution in [2.75, 3.05) is 6.61 Å². The molecule has 3 aromatic rings. The van der Waals surface area contributed by atoms with E-state index in [4.69, 9.17) is 4.74 Å². The van der Waals surface area contributed by atoms with Gasteiger partial charge in [0.1, 0.15) is 17.6 Å². The van der Waals surface area contributed by atoms with E-state index in [1.807, 2.05) is 60.0 Å². The molecule has 1 N–H and O–H groups in total. The fourth-order valence-corrected chi connectivity index (χ4v) is 4.16. The molecule has 0 saturated carbocycles. The lowest BCUT2D eigenvalue weighted by atomic mass is 10.1. The van der Waals surface area contributed by atoms with E-state index in [0.29, 0.717) is 12.4 Å². The Morgan fingerprint density at radius 3 is 2.48 bits per heavy atom. The van der Waals surface area contributed by atoms with E-state index in [-0.39, 0.29) is 0 Å². The minimum Gasteiger partial charge on any atom is -0.481 e. The topological polar surface area (TPSA) is 46.5 Å². The van der Waals surface area contributed by atoms with Gasteiger partial charge in [0.15, 0.2) is 0 Å². The van der Waals surface area contributed by atoms with Crippen LogP contribution in [0.2, 0.25) is 0 Å². The molecule has 3 rings (SSSR count). The Morgan fingerprint density at radius 2 is 1.89 bits per heavy atom. The molecule has 27 heavy (non-hydrogen) atoms. The number of rotatable bonds is 7. The fourth-order valence-electron chi connectivity index (χ4n) is 2.47. The minimum atomic E-state index is -0.859. The van der Waals surface area contributed by atoms with Gasteiger partial charge in [-0.05, 0) is 53.8 Å². The highest BCUT2D eigenvalue weighted by atomic mass is 32.2. The number of thiophene rings is 1. The predicted octanol–water partition coefficient (Wildman–Crippen LogP) is 5.74. The lowest BCUT2D eigenvalue weighted by Gasteiger charge is -2.13. The van der Waals surface area contributed by atoms with Gasteiger partial charge in [0.2, 0.25) is 0 Å². The summed E-state index contributed by atoms with van der Waals surface area (Å²) in [5, 5.41) is 11.0. The molecule has 1 aromatic heterocycles. The van der Waals surface area contributed by atoms with Gasteiger partial charge >= 0.3 is 5.97 Å². The predicted molar refractivity (Wildman–Crippen MR) is 111 cm³/mol. The third kappa shape index (κ3) is 5.16. The first kappa shape index (κ1) is 19.1. The van der Waals surface area contributed by atoms with Gasteiger partial charge in [-0.25, -0.2) is 0 Å². The Bertz CT molecular complexity index is 934. The quantitative estimate of drug-likeness (QED) is 0.410. The zero-order valence-electron chi connectivity index (χ0n) is 14.7. The Kier molecular flexibility index (Phi) is 6.59. The van der Waals surface area contributed by atoms with Gasteiger partial charge < -0.3 is 9.84 Å². The van der Waals surface area contributed by atoms with Gasteiger partial charge in [-0.3, -0.25) is 4.79 Å². The van der Waals surface area contributed by atoms with Crippen LogP contribution in [0, 0.1) is 11.8 Å². The van der Waals surface area contributed by atoms with Crippen LogP contribution in [-0.2, 0) is 4.79 Å². The number of carboxylic acids is 1. The van der Waals surface area contributed by atoms with E-state index in [0.717, 1.165) is 16.0 Å². The van der Waals surface area contributed by atoms with Crippen LogP contribution < -0.4 is 4.74 Å². The summed E-state index contributed by atoms with van der Waals surface area (Å²) in [6.45, 7) is 2.11. The fraction of sp³-hybridized carbons (Fsp3) is 0.136. The molecule has 5 heteroatoms. The maximum Gasteiger partial charge on any atom is 0.321 e. The van der Waals surface area contributed by atoms with Crippen molar-refractivity contribution in [1.82, 2.24) is 0 Å². The van der Waals surface area contributed by atoms with E-state index in [2.05, 4.69) is 17.9 Å². The first-order valence-corrected chi connectivity index (χ1v) is 10.1. The van der Waals surface area contributed by atoms with Crippen LogP contribution in [0.4, 0.5) is 0 Å². The second-order valence-electron chi connectivity index (χ2n) is 5.62. The van der Waals surface area contributed by atoms with Gasteiger partial charge in [0, 0.05) is 9.77 Å². The lowest BCUT2D eigenvalue weighted by Crippen LogP contribution is -2.07. The SMILES string of the molecule is CC#CCOc1ccc(SC(C(=O)O)c2ccc(-c3cccs3)cc2)cc1. The molecule has 0 fully saturated rings. The summed E-state index contributed by atoms with van der Waals surface area (Å²) in [6, 6.07) is 19.2. The van der Waals surface area contributed by atoms with Crippen LogP contribution >= 0.6 is 23.1 Å². The van der Waals surface area contributed by atoms with Crippen molar-refractivity contribution in [2.24, 2.45) is 0 Å². The molecule has 1 unspecified atom stereocenters. The van der Waals surface area contributed by atoms with Crippen molar-refractivity contribution >= 4 is 29.1 Å². The van der Waals surface area contributed by atoms with Crippen LogP contribution in [0.15, 0.2) is 70.9 Å². The lowest BCUT2D eigenvalue weighted by molar-refractivity contribution is -0.136. The van der Waals surface area contributed by atoms with Crippen molar-refractivity contribution in [3.05, 3.63) is 71.6 Å². The van der Waals surface area contributed by atoms with Gasteiger partial charge in [-0.1, -0.05) is 36.3 Å². The second-order valence-corrected chi connectivity index (χ2v) is 7.75. The van der Waals surface area contributed by atoms with Crippen molar-refractivity contribution in [2.45, 2.75) is 17.1 Å². The van der Waals surface area contributed by atoms with E-state index in [9.17, 15) is 9.90 Å². The van der Waals surface area contributed by atoms with Crippen LogP contribution in [-0.4, -0.2) is 17.7 Å². The Hall–Kier alpha value is -2.68. The van der Waals surface area contributed by atoms with Gasteiger partial charge in [0.25, 0.3) is 0 Å². The molecule has 1 atom stereocenters. The maximum absolute atomic E-state index is 11.8. The highest BCUT2D eigenvalue weighted by Gasteiger charge is 2.21. The molecule has 3 nitrogen and oxygen atoms in total. The largest absolute Gasteiger partial charge is 0.481 e. The number of carbonyl (C=O) groups is 1. The monoisotopic (exact) mass is 394 g/mol. The zero-order valence-corrected chi connectivity index (χ0v) is 16.3. The molecule has 0 radical (unpaired) electrons. The van der Waals surface area contributed by atoms with Crippen LogP contribution in [0.25, 0.3) is 10.4 Å². The molecule has 0 aliphatic carbocycles. The van der Waals surface area contributed by atoms with E-state index < -0.39 is 11.2 Å². The smallest absolute Gasteiger partial charge is 0.321 e. The molecule has 0 aliphatic heterocycles. The van der Waals surface area contributed by atoms with Gasteiger partial charge in [-0.15, -0.1) is 29.0 Å². The standard InChI is InChI=1S/C22H18O3S2/c1-2-3-14-25-18-10-12-19(13-11-18)27-21(22(23)24)17-8-6-16(7-9-17)20-5-4-15-26-20/h4-13,15,21H,14H2,1H3,(H,23,24). The molecule has 136 valence electrons. The molecule has 2 aromatic carbocycles. The van der Waals surface area contributed by atoms with E-state index >= 15 is 0 Å². The maximum atomic E-state index is 11.8. The number of thioether (sulfide) groups is 1. The summed E-state index contributed by atoms with van der Waals surface area (Å²) in [5.41, 5.74) is 1.87. The molecule has 0 spiro atoms. The number of hydrogen-bond donors (Lipinski definition) is 1. The number of benzene rings is 2. The summed E-state index contributed by atoms with van der Waals surface area (Å²) in [5.74, 6) is 5.47. The summed E-state index contributed by atoms with van der Waals surface area (Å²) in [4.78, 5) is 13.8. The van der Waals surface area contributed by atoms with Crippen molar-refractivity contribution in [3.63, 3.8) is 0 Å². The molecular weight excluding hydrogens is 376 g/mol. The summed E-state index contributed by atoms with van der Waals surface area (Å²) in [6.07, 6.45) is 0. The third-order valence-electron chi connectivity index (χ3n) is 3.81. The van der Waals surface area contributed by atoms with Crippen molar-refractivity contribution in [3.8, 4) is 28.0 Å². The number of ether oxygens (including phenoxy) is 1. The molecule has 0 amide bonds. The first-order chi connectivity index (χ1) is 13.2. The van der Waals surface area contributed by atoms with Crippen molar-refractivity contribution in [1.29, 1.82) is 0 Å². The van der Waals surface area contributed by atoms with Crippen molar-refractivity contribution < 1.29 is 14.6 Å². The van der Waals surface area contributed by atoms with Gasteiger partial charge in [0.05, 0.1) is 0 Å². The average molecular weight is 395 g/mol. The average Bonchev–Trinajstić information content (AvgIpc) is 3.22.